The summed E-state index contributed by atoms with van der Waals surface area (Å²) in [4.78, 5) is 4.57. The summed E-state index contributed by atoms with van der Waals surface area (Å²) in [5.41, 5.74) is 2.72. The Balaban J connectivity index is 2.45. The molecule has 0 aromatic heterocycles. The molecule has 0 bridgehead atoms. The van der Waals surface area contributed by atoms with Crippen molar-refractivity contribution in [3.8, 4) is 0 Å². The summed E-state index contributed by atoms with van der Waals surface area (Å²) in [5.74, 6) is 0. The van der Waals surface area contributed by atoms with Crippen molar-refractivity contribution in [1.82, 2.24) is 5.48 Å². The molecule has 0 amide bonds. The lowest BCUT2D eigenvalue weighted by Crippen LogP contribution is -2.12. The van der Waals surface area contributed by atoms with Gasteiger partial charge in [-0.1, -0.05) is 6.04 Å². The molecule has 0 aromatic carbocycles. The smallest absolute Gasteiger partial charge is 0.0572 e. The highest BCUT2D eigenvalue weighted by molar-refractivity contribution is 6.08. The molecule has 41 valence electrons. The zero-order valence-electron chi connectivity index (χ0n) is 4.53. The van der Waals surface area contributed by atoms with Crippen molar-refractivity contribution in [2.45, 2.75) is 12.5 Å². The van der Waals surface area contributed by atoms with Crippen LogP contribution in [0.2, 0.25) is 6.04 Å². The molecule has 0 atom stereocenters. The molecule has 0 aliphatic rings. The lowest BCUT2D eigenvalue weighted by Gasteiger charge is -1.95. The first-order valence-electron chi connectivity index (χ1n) is 2.32. The van der Waals surface area contributed by atoms with E-state index in [4.69, 9.17) is 0 Å². The van der Waals surface area contributed by atoms with Crippen LogP contribution in [0.4, 0.5) is 0 Å². The Bertz CT molecular complexity index is 30.9. The lowest BCUT2D eigenvalue weighted by atomic mass is 10.5. The minimum absolute atomic E-state index is 0.917. The van der Waals surface area contributed by atoms with Gasteiger partial charge in [-0.25, -0.2) is 5.48 Å². The van der Waals surface area contributed by atoms with Crippen LogP contribution in [-0.2, 0) is 4.84 Å². The lowest BCUT2D eigenvalue weighted by molar-refractivity contribution is 0.0920. The number of rotatable bonds is 4. The van der Waals surface area contributed by atoms with Crippen LogP contribution < -0.4 is 5.48 Å². The Kier molecular flexibility index (Phi) is 6.26. The van der Waals surface area contributed by atoms with Crippen molar-refractivity contribution < 1.29 is 4.84 Å². The zero-order valence-corrected chi connectivity index (χ0v) is 5.53. The van der Waals surface area contributed by atoms with Gasteiger partial charge in [0.2, 0.25) is 0 Å². The van der Waals surface area contributed by atoms with E-state index >= 15 is 0 Å². The molecule has 1 N–H and O–H groups in total. The van der Waals surface area contributed by atoms with Crippen molar-refractivity contribution in [2.24, 2.45) is 0 Å². The first-order valence-corrected chi connectivity index (χ1v) is 3.03. The maximum atomic E-state index is 4.57. The topological polar surface area (TPSA) is 21.3 Å². The third-order valence-corrected chi connectivity index (χ3v) is 0.954. The van der Waals surface area contributed by atoms with Crippen LogP contribution in [-0.4, -0.2) is 23.9 Å². The summed E-state index contributed by atoms with van der Waals surface area (Å²) < 4.78 is 0. The number of hydrogen-bond acceptors (Lipinski definition) is 2. The average Bonchev–Trinajstić information content (AvgIpc) is 1.69. The Labute approximate surface area is 47.6 Å². The van der Waals surface area contributed by atoms with E-state index in [1.54, 1.807) is 7.11 Å². The Morgan fingerprint density at radius 2 is 2.43 bits per heavy atom. The SMILES string of the molecule is CONCCC[Si]. The van der Waals surface area contributed by atoms with Crippen LogP contribution in [0.3, 0.4) is 0 Å². The van der Waals surface area contributed by atoms with Crippen LogP contribution in [0, 0.1) is 0 Å². The van der Waals surface area contributed by atoms with Crippen molar-refractivity contribution in [3.05, 3.63) is 0 Å². The minimum atomic E-state index is 0.917. The second-order valence-corrected chi connectivity index (χ2v) is 1.70. The monoisotopic (exact) mass is 116 g/mol. The molecule has 0 heterocycles. The van der Waals surface area contributed by atoms with E-state index in [1.165, 1.54) is 0 Å². The highest BCUT2D eigenvalue weighted by atomic mass is 28.1. The molecular weight excluding hydrogens is 106 g/mol. The number of nitrogens with one attached hydrogen (secondary N) is 1. The molecule has 0 spiro atoms. The molecular formula is C4H10NOSi. The first kappa shape index (κ1) is 7.14. The van der Waals surface area contributed by atoms with E-state index in [-0.39, 0.29) is 0 Å². The second-order valence-electron chi connectivity index (χ2n) is 1.20. The third kappa shape index (κ3) is 6.14. The normalized spacial score (nSPS) is 9.43. The van der Waals surface area contributed by atoms with Crippen LogP contribution in [0.1, 0.15) is 6.42 Å². The predicted molar refractivity (Wildman–Crippen MR) is 30.2 cm³/mol. The fraction of sp³-hybridized carbons (Fsp3) is 1.00. The highest BCUT2D eigenvalue weighted by Crippen LogP contribution is 1.78. The van der Waals surface area contributed by atoms with Gasteiger partial charge in [-0.2, -0.15) is 0 Å². The van der Waals surface area contributed by atoms with Crippen molar-refractivity contribution in [3.63, 3.8) is 0 Å². The van der Waals surface area contributed by atoms with Gasteiger partial charge in [-0.05, 0) is 6.42 Å². The van der Waals surface area contributed by atoms with Crippen LogP contribution in [0.25, 0.3) is 0 Å². The molecule has 0 aliphatic heterocycles. The molecule has 0 aromatic rings. The molecule has 3 heteroatoms. The number of hydrogen-bond donors (Lipinski definition) is 1. The molecule has 3 radical (unpaired) electrons. The van der Waals surface area contributed by atoms with Crippen molar-refractivity contribution in [2.75, 3.05) is 13.7 Å². The van der Waals surface area contributed by atoms with Crippen molar-refractivity contribution >= 4 is 10.2 Å². The van der Waals surface area contributed by atoms with E-state index in [2.05, 4.69) is 20.6 Å². The Hall–Kier alpha value is 0.137. The van der Waals surface area contributed by atoms with E-state index in [9.17, 15) is 0 Å². The standard InChI is InChI=1S/C4H10NOSi/c1-6-5-3-2-4-7/h5H,2-4H2,1H3. The van der Waals surface area contributed by atoms with Gasteiger partial charge < -0.3 is 4.84 Å². The third-order valence-electron chi connectivity index (χ3n) is 0.600. The molecule has 0 rings (SSSR count). The van der Waals surface area contributed by atoms with Gasteiger partial charge in [0.05, 0.1) is 7.11 Å². The summed E-state index contributed by atoms with van der Waals surface area (Å²) >= 11 is 0. The fourth-order valence-electron chi connectivity index (χ4n) is 0.263. The van der Waals surface area contributed by atoms with Gasteiger partial charge in [0.25, 0.3) is 0 Å². The average molecular weight is 116 g/mol. The molecule has 0 aliphatic carbocycles. The van der Waals surface area contributed by atoms with E-state index in [0.717, 1.165) is 19.0 Å². The molecule has 7 heavy (non-hydrogen) atoms. The largest absolute Gasteiger partial charge is 0.305 e. The zero-order chi connectivity index (χ0) is 5.54. The summed E-state index contributed by atoms with van der Waals surface area (Å²) in [6.45, 7) is 0.917. The van der Waals surface area contributed by atoms with Gasteiger partial charge in [0.15, 0.2) is 0 Å². The second kappa shape index (κ2) is 6.14. The predicted octanol–water partition coefficient (Wildman–Crippen LogP) is 0.114. The van der Waals surface area contributed by atoms with Gasteiger partial charge in [0, 0.05) is 16.8 Å². The van der Waals surface area contributed by atoms with E-state index < -0.39 is 0 Å². The summed E-state index contributed by atoms with van der Waals surface area (Å²) in [6.07, 6.45) is 1.10. The highest BCUT2D eigenvalue weighted by Gasteiger charge is 1.77. The molecule has 0 fully saturated rings. The van der Waals surface area contributed by atoms with Crippen LogP contribution in [0.15, 0.2) is 0 Å². The molecule has 2 nitrogen and oxygen atoms in total. The van der Waals surface area contributed by atoms with Gasteiger partial charge in [-0.15, -0.1) is 0 Å². The Morgan fingerprint density at radius 1 is 1.71 bits per heavy atom. The summed E-state index contributed by atoms with van der Waals surface area (Å²) in [6, 6.07) is 1.02. The van der Waals surface area contributed by atoms with Gasteiger partial charge >= 0.3 is 0 Å². The molecule has 0 unspecified atom stereocenters. The summed E-state index contributed by atoms with van der Waals surface area (Å²) in [7, 11) is 4.94. The quantitative estimate of drug-likeness (QED) is 0.320. The maximum Gasteiger partial charge on any atom is 0.0572 e. The van der Waals surface area contributed by atoms with Crippen LogP contribution >= 0.6 is 0 Å². The van der Waals surface area contributed by atoms with Gasteiger partial charge in [-0.3, -0.25) is 0 Å². The minimum Gasteiger partial charge on any atom is -0.305 e. The fourth-order valence-corrected chi connectivity index (χ4v) is 0.439. The number of hydroxylamine groups is 1. The van der Waals surface area contributed by atoms with E-state index in [0.29, 0.717) is 0 Å². The van der Waals surface area contributed by atoms with Crippen LogP contribution in [0.5, 0.6) is 0 Å². The molecule has 0 saturated carbocycles. The maximum absolute atomic E-state index is 4.57. The summed E-state index contributed by atoms with van der Waals surface area (Å²) in [5, 5.41) is 0. The van der Waals surface area contributed by atoms with Crippen molar-refractivity contribution in [1.29, 1.82) is 0 Å². The first-order chi connectivity index (χ1) is 3.41. The van der Waals surface area contributed by atoms with E-state index in [1.807, 2.05) is 0 Å². The Morgan fingerprint density at radius 3 is 2.86 bits per heavy atom. The molecule has 0 saturated heterocycles. The van der Waals surface area contributed by atoms with Gasteiger partial charge in [0.1, 0.15) is 0 Å².